The van der Waals surface area contributed by atoms with Crippen LogP contribution in [0, 0.1) is 0 Å². The number of rotatable bonds is 12. The topological polar surface area (TPSA) is 51.1 Å². The van der Waals surface area contributed by atoms with Crippen LogP contribution in [0.4, 0.5) is 0 Å². The standard InChI is InChI=1S/C32H34N2O3S/c1-4-13-27-19-26(20-28(36-6-3)30(27)37-18-5-2)21-29-31(35)34(23-25-16-11-8-12-17-25)32(38-29)33-22-24-14-9-7-10-15-24/h4,7-12,14-17,19-21H,1,5-6,13,18,22-23H2,2-3H3/b29-21+,33-32?. The van der Waals surface area contributed by atoms with Gasteiger partial charge in [-0.25, -0.2) is 0 Å². The van der Waals surface area contributed by atoms with Gasteiger partial charge in [0.05, 0.1) is 31.2 Å². The minimum absolute atomic E-state index is 0.0554. The summed E-state index contributed by atoms with van der Waals surface area (Å²) in [6, 6.07) is 24.1. The van der Waals surface area contributed by atoms with Gasteiger partial charge in [-0.15, -0.1) is 6.58 Å². The van der Waals surface area contributed by atoms with Crippen molar-refractivity contribution < 1.29 is 14.3 Å². The number of amidine groups is 1. The first-order valence-corrected chi connectivity index (χ1v) is 13.8. The Morgan fingerprint density at radius 1 is 0.974 bits per heavy atom. The van der Waals surface area contributed by atoms with Crippen molar-refractivity contribution in [3.8, 4) is 11.5 Å². The van der Waals surface area contributed by atoms with E-state index in [0.717, 1.165) is 34.4 Å². The van der Waals surface area contributed by atoms with Crippen LogP contribution in [0.5, 0.6) is 11.5 Å². The zero-order valence-electron chi connectivity index (χ0n) is 22.1. The monoisotopic (exact) mass is 526 g/mol. The van der Waals surface area contributed by atoms with Gasteiger partial charge in [-0.05, 0) is 66.4 Å². The average molecular weight is 527 g/mol. The normalized spacial score (nSPS) is 15.3. The molecule has 1 saturated heterocycles. The maximum Gasteiger partial charge on any atom is 0.267 e. The van der Waals surface area contributed by atoms with Crippen LogP contribution in [0.25, 0.3) is 6.08 Å². The van der Waals surface area contributed by atoms with Crippen LogP contribution >= 0.6 is 11.8 Å². The second-order valence-electron chi connectivity index (χ2n) is 8.85. The van der Waals surface area contributed by atoms with Crippen LogP contribution in [0.2, 0.25) is 0 Å². The number of hydrogen-bond donors (Lipinski definition) is 0. The first-order chi connectivity index (χ1) is 18.6. The summed E-state index contributed by atoms with van der Waals surface area (Å²) >= 11 is 1.41. The fourth-order valence-corrected chi connectivity index (χ4v) is 5.11. The molecule has 0 aliphatic carbocycles. The van der Waals surface area contributed by atoms with Crippen molar-refractivity contribution in [2.24, 2.45) is 4.99 Å². The molecule has 1 fully saturated rings. The third kappa shape index (κ3) is 6.95. The highest BCUT2D eigenvalue weighted by atomic mass is 32.2. The molecule has 0 spiro atoms. The smallest absolute Gasteiger partial charge is 0.267 e. The van der Waals surface area contributed by atoms with Crippen LogP contribution in [0.1, 0.15) is 42.5 Å². The summed E-state index contributed by atoms with van der Waals surface area (Å²) in [6.45, 7) is 10.0. The highest BCUT2D eigenvalue weighted by Crippen LogP contribution is 2.38. The Bertz CT molecular complexity index is 1300. The molecule has 0 saturated carbocycles. The molecular weight excluding hydrogens is 492 g/mol. The second kappa shape index (κ2) is 13.7. The Labute approximate surface area is 229 Å². The molecule has 0 aromatic heterocycles. The third-order valence-corrected chi connectivity index (χ3v) is 6.92. The van der Waals surface area contributed by atoms with Gasteiger partial charge in [-0.3, -0.25) is 14.7 Å². The molecule has 38 heavy (non-hydrogen) atoms. The van der Waals surface area contributed by atoms with Crippen molar-refractivity contribution in [3.05, 3.63) is 113 Å². The van der Waals surface area contributed by atoms with E-state index >= 15 is 0 Å². The molecule has 1 amide bonds. The van der Waals surface area contributed by atoms with Crippen LogP contribution in [0.3, 0.4) is 0 Å². The number of carbonyl (C=O) groups is 1. The summed E-state index contributed by atoms with van der Waals surface area (Å²) in [7, 11) is 0. The van der Waals surface area contributed by atoms with E-state index in [9.17, 15) is 4.79 Å². The van der Waals surface area contributed by atoms with Gasteiger partial charge >= 0.3 is 0 Å². The molecular formula is C32H34N2O3S. The lowest BCUT2D eigenvalue weighted by atomic mass is 10.0. The van der Waals surface area contributed by atoms with Crippen molar-refractivity contribution in [2.45, 2.75) is 39.8 Å². The lowest BCUT2D eigenvalue weighted by Gasteiger charge is -2.17. The Kier molecular flexibility index (Phi) is 9.82. The van der Waals surface area contributed by atoms with Crippen molar-refractivity contribution in [1.82, 2.24) is 4.90 Å². The SMILES string of the molecule is C=CCc1cc(/C=C2/SC(=NCc3ccccc3)N(Cc3ccccc3)C2=O)cc(OCC)c1OCCC. The average Bonchev–Trinajstić information content (AvgIpc) is 3.22. The van der Waals surface area contributed by atoms with Gasteiger partial charge in [0.25, 0.3) is 5.91 Å². The fraction of sp³-hybridized carbons (Fsp3) is 0.250. The number of thioether (sulfide) groups is 1. The van der Waals surface area contributed by atoms with Gasteiger partial charge in [0.2, 0.25) is 0 Å². The number of nitrogens with zero attached hydrogens (tertiary/aromatic N) is 2. The van der Waals surface area contributed by atoms with Crippen LogP contribution < -0.4 is 9.47 Å². The molecule has 0 unspecified atom stereocenters. The van der Waals surface area contributed by atoms with E-state index in [1.54, 1.807) is 4.90 Å². The molecule has 0 N–H and O–H groups in total. The molecule has 1 aliphatic rings. The van der Waals surface area contributed by atoms with Gasteiger partial charge in [0, 0.05) is 5.56 Å². The number of amides is 1. The predicted octanol–water partition coefficient (Wildman–Crippen LogP) is 7.28. The fourth-order valence-electron chi connectivity index (χ4n) is 4.13. The Morgan fingerprint density at radius 3 is 2.34 bits per heavy atom. The number of allylic oxidation sites excluding steroid dienone is 1. The molecule has 1 heterocycles. The third-order valence-electron chi connectivity index (χ3n) is 5.88. The number of hydrogen-bond acceptors (Lipinski definition) is 5. The van der Waals surface area contributed by atoms with Crippen molar-refractivity contribution in [2.75, 3.05) is 13.2 Å². The van der Waals surface area contributed by atoms with Crippen molar-refractivity contribution in [3.63, 3.8) is 0 Å². The summed E-state index contributed by atoms with van der Waals surface area (Å²) in [4.78, 5) is 20.9. The lowest BCUT2D eigenvalue weighted by Crippen LogP contribution is -2.28. The Balaban J connectivity index is 1.69. The highest BCUT2D eigenvalue weighted by molar-refractivity contribution is 8.18. The Hall–Kier alpha value is -3.77. The molecule has 0 atom stereocenters. The van der Waals surface area contributed by atoms with E-state index in [1.807, 2.05) is 85.8 Å². The zero-order chi connectivity index (χ0) is 26.7. The molecule has 0 bridgehead atoms. The van der Waals surface area contributed by atoms with E-state index in [4.69, 9.17) is 14.5 Å². The second-order valence-corrected chi connectivity index (χ2v) is 9.86. The molecule has 3 aromatic carbocycles. The summed E-state index contributed by atoms with van der Waals surface area (Å²) in [5.41, 5.74) is 4.03. The quantitative estimate of drug-likeness (QED) is 0.184. The van der Waals surface area contributed by atoms with E-state index in [2.05, 4.69) is 19.6 Å². The maximum absolute atomic E-state index is 13.6. The predicted molar refractivity (Wildman–Crippen MR) is 157 cm³/mol. The first-order valence-electron chi connectivity index (χ1n) is 13.0. The van der Waals surface area contributed by atoms with Crippen LogP contribution in [-0.4, -0.2) is 29.2 Å². The van der Waals surface area contributed by atoms with Gasteiger partial charge in [0.1, 0.15) is 0 Å². The maximum atomic E-state index is 13.6. The van der Waals surface area contributed by atoms with E-state index in [0.29, 0.717) is 48.5 Å². The number of carbonyl (C=O) groups excluding carboxylic acids is 1. The minimum Gasteiger partial charge on any atom is -0.490 e. The van der Waals surface area contributed by atoms with Crippen molar-refractivity contribution in [1.29, 1.82) is 0 Å². The van der Waals surface area contributed by atoms with Gasteiger partial charge in [-0.1, -0.05) is 73.7 Å². The molecule has 4 rings (SSSR count). The van der Waals surface area contributed by atoms with Gasteiger partial charge in [-0.2, -0.15) is 0 Å². The van der Waals surface area contributed by atoms with Crippen LogP contribution in [-0.2, 0) is 24.3 Å². The van der Waals surface area contributed by atoms with Crippen molar-refractivity contribution >= 4 is 28.9 Å². The number of aliphatic imine (C=N–C) groups is 1. The largest absolute Gasteiger partial charge is 0.490 e. The summed E-state index contributed by atoms with van der Waals surface area (Å²) in [5.74, 6) is 1.37. The van der Waals surface area contributed by atoms with Gasteiger partial charge < -0.3 is 9.47 Å². The molecule has 3 aromatic rings. The molecule has 0 radical (unpaired) electrons. The number of ether oxygens (including phenoxy) is 2. The molecule has 1 aliphatic heterocycles. The summed E-state index contributed by atoms with van der Waals surface area (Å²) in [6.07, 6.45) is 5.32. The van der Waals surface area contributed by atoms with E-state index in [1.165, 1.54) is 11.8 Å². The first kappa shape index (κ1) is 27.3. The molecule has 6 heteroatoms. The number of benzene rings is 3. The molecule has 5 nitrogen and oxygen atoms in total. The van der Waals surface area contributed by atoms with E-state index < -0.39 is 0 Å². The molecule has 196 valence electrons. The lowest BCUT2D eigenvalue weighted by molar-refractivity contribution is -0.122. The summed E-state index contributed by atoms with van der Waals surface area (Å²) < 4.78 is 12.0. The van der Waals surface area contributed by atoms with E-state index in [-0.39, 0.29) is 5.91 Å². The summed E-state index contributed by atoms with van der Waals surface area (Å²) in [5, 5.41) is 0.702. The minimum atomic E-state index is -0.0554. The van der Waals surface area contributed by atoms with Crippen LogP contribution in [0.15, 0.2) is 95.3 Å². The zero-order valence-corrected chi connectivity index (χ0v) is 22.9. The van der Waals surface area contributed by atoms with Gasteiger partial charge in [0.15, 0.2) is 16.7 Å². The Morgan fingerprint density at radius 2 is 1.68 bits per heavy atom. The highest BCUT2D eigenvalue weighted by Gasteiger charge is 2.33.